The van der Waals surface area contributed by atoms with Crippen molar-refractivity contribution < 1.29 is 18.3 Å². The van der Waals surface area contributed by atoms with E-state index in [0.717, 1.165) is 6.07 Å². The number of nitrogens with zero attached hydrogens (tertiary/aromatic N) is 2. The zero-order chi connectivity index (χ0) is 15.6. The van der Waals surface area contributed by atoms with E-state index in [1.807, 2.05) is 20.8 Å². The predicted octanol–water partition coefficient (Wildman–Crippen LogP) is 2.29. The van der Waals surface area contributed by atoms with Crippen LogP contribution in [-0.4, -0.2) is 27.7 Å². The summed E-state index contributed by atoms with van der Waals surface area (Å²) in [6, 6.07) is 0.764. The van der Waals surface area contributed by atoms with Gasteiger partial charge in [-0.15, -0.1) is 0 Å². The largest absolute Gasteiger partial charge is 0.433 e. The van der Waals surface area contributed by atoms with Gasteiger partial charge >= 0.3 is 6.18 Å². The number of aliphatic hydroxyl groups is 1. The van der Waals surface area contributed by atoms with Gasteiger partial charge in [0.2, 0.25) is 5.95 Å². The molecule has 20 heavy (non-hydrogen) atoms. The zero-order valence-electron chi connectivity index (χ0n) is 11.6. The van der Waals surface area contributed by atoms with Crippen LogP contribution in [0.4, 0.5) is 24.9 Å². The Morgan fingerprint density at radius 2 is 1.90 bits per heavy atom. The molecule has 1 aromatic heterocycles. The first-order valence-corrected chi connectivity index (χ1v) is 6.11. The van der Waals surface area contributed by atoms with Crippen LogP contribution in [0.5, 0.6) is 0 Å². The van der Waals surface area contributed by atoms with Gasteiger partial charge < -0.3 is 16.2 Å². The molecule has 1 rings (SSSR count). The van der Waals surface area contributed by atoms with Crippen molar-refractivity contribution in [1.82, 2.24) is 9.97 Å². The zero-order valence-corrected chi connectivity index (χ0v) is 11.6. The van der Waals surface area contributed by atoms with Gasteiger partial charge in [-0.05, 0) is 11.8 Å². The lowest BCUT2D eigenvalue weighted by Gasteiger charge is -2.22. The van der Waals surface area contributed by atoms with E-state index in [0.29, 0.717) is 6.42 Å². The van der Waals surface area contributed by atoms with E-state index < -0.39 is 23.9 Å². The summed E-state index contributed by atoms with van der Waals surface area (Å²) in [6.45, 7) is 5.97. The lowest BCUT2D eigenvalue weighted by atomic mass is 9.89. The number of halogens is 3. The van der Waals surface area contributed by atoms with Gasteiger partial charge in [-0.3, -0.25) is 0 Å². The molecule has 0 aliphatic heterocycles. The van der Waals surface area contributed by atoms with Gasteiger partial charge in [-0.2, -0.15) is 18.2 Å². The number of hydrogen-bond donors (Lipinski definition) is 3. The van der Waals surface area contributed by atoms with Gasteiger partial charge in [0.25, 0.3) is 0 Å². The first kappa shape index (κ1) is 16.5. The molecule has 0 bridgehead atoms. The molecule has 0 radical (unpaired) electrons. The lowest BCUT2D eigenvalue weighted by molar-refractivity contribution is -0.141. The number of hydrogen-bond acceptors (Lipinski definition) is 5. The van der Waals surface area contributed by atoms with Gasteiger partial charge in [0.15, 0.2) is 5.69 Å². The Hall–Kier alpha value is -1.57. The topological polar surface area (TPSA) is 84.1 Å². The molecular formula is C12H19F3N4O. The fourth-order valence-electron chi connectivity index (χ4n) is 1.70. The second kappa shape index (κ2) is 5.82. The second-order valence-electron chi connectivity index (χ2n) is 5.79. The van der Waals surface area contributed by atoms with E-state index in [4.69, 9.17) is 5.73 Å². The third kappa shape index (κ3) is 5.60. The van der Waals surface area contributed by atoms with E-state index in [1.165, 1.54) is 0 Å². The Kier molecular flexibility index (Phi) is 4.80. The predicted molar refractivity (Wildman–Crippen MR) is 70.0 cm³/mol. The summed E-state index contributed by atoms with van der Waals surface area (Å²) in [6.07, 6.45) is -4.77. The maximum Gasteiger partial charge on any atom is 0.433 e. The number of nitrogen functional groups attached to an aromatic ring is 1. The van der Waals surface area contributed by atoms with Gasteiger partial charge in [0.1, 0.15) is 5.82 Å². The van der Waals surface area contributed by atoms with Crippen molar-refractivity contribution >= 4 is 11.8 Å². The molecule has 0 amide bonds. The first-order valence-electron chi connectivity index (χ1n) is 6.11. The van der Waals surface area contributed by atoms with Crippen LogP contribution in [-0.2, 0) is 6.18 Å². The average Bonchev–Trinajstić information content (AvgIpc) is 2.22. The summed E-state index contributed by atoms with van der Waals surface area (Å²) in [7, 11) is 0. The SMILES string of the molecule is CC(C)(C)CC(O)CNc1cc(C(F)(F)F)nc(N)n1. The molecule has 1 heterocycles. The smallest absolute Gasteiger partial charge is 0.391 e. The number of anilines is 2. The Morgan fingerprint density at radius 1 is 1.30 bits per heavy atom. The van der Waals surface area contributed by atoms with Crippen LogP contribution in [0.2, 0.25) is 0 Å². The molecule has 1 atom stereocenters. The van der Waals surface area contributed by atoms with E-state index in [-0.39, 0.29) is 17.8 Å². The number of nitrogens with one attached hydrogen (secondary N) is 1. The van der Waals surface area contributed by atoms with Gasteiger partial charge in [0, 0.05) is 12.6 Å². The van der Waals surface area contributed by atoms with Crippen molar-refractivity contribution in [3.63, 3.8) is 0 Å². The van der Waals surface area contributed by atoms with Crippen molar-refractivity contribution in [2.75, 3.05) is 17.6 Å². The highest BCUT2D eigenvalue weighted by Gasteiger charge is 2.33. The molecule has 8 heteroatoms. The number of nitrogens with two attached hydrogens (primary N) is 1. The fraction of sp³-hybridized carbons (Fsp3) is 0.667. The molecule has 0 saturated carbocycles. The number of aliphatic hydroxyl groups excluding tert-OH is 1. The van der Waals surface area contributed by atoms with Crippen LogP contribution >= 0.6 is 0 Å². The van der Waals surface area contributed by atoms with Crippen LogP contribution < -0.4 is 11.1 Å². The van der Waals surface area contributed by atoms with Crippen molar-refractivity contribution in [2.24, 2.45) is 5.41 Å². The maximum absolute atomic E-state index is 12.5. The van der Waals surface area contributed by atoms with E-state index >= 15 is 0 Å². The van der Waals surface area contributed by atoms with Crippen LogP contribution in [0.15, 0.2) is 6.07 Å². The molecule has 1 unspecified atom stereocenters. The Morgan fingerprint density at radius 3 is 2.40 bits per heavy atom. The summed E-state index contributed by atoms with van der Waals surface area (Å²) in [5.74, 6) is -0.523. The highest BCUT2D eigenvalue weighted by molar-refractivity contribution is 5.41. The van der Waals surface area contributed by atoms with E-state index in [9.17, 15) is 18.3 Å². The molecule has 5 nitrogen and oxygen atoms in total. The molecule has 0 spiro atoms. The van der Waals surface area contributed by atoms with Crippen LogP contribution in [0, 0.1) is 5.41 Å². The standard InChI is InChI=1S/C12H19F3N4O/c1-11(2,3)5-7(20)6-17-9-4-8(12(13,14)15)18-10(16)19-9/h4,7,20H,5-6H2,1-3H3,(H3,16,17,18,19). The molecule has 0 fully saturated rings. The van der Waals surface area contributed by atoms with Crippen molar-refractivity contribution in [2.45, 2.75) is 39.5 Å². The summed E-state index contributed by atoms with van der Waals surface area (Å²) < 4.78 is 37.6. The number of alkyl halides is 3. The monoisotopic (exact) mass is 292 g/mol. The minimum Gasteiger partial charge on any atom is -0.391 e. The fourth-order valence-corrected chi connectivity index (χ4v) is 1.70. The quantitative estimate of drug-likeness (QED) is 0.793. The van der Waals surface area contributed by atoms with Crippen molar-refractivity contribution in [3.05, 3.63) is 11.8 Å². The first-order chi connectivity index (χ1) is 8.97. The molecule has 1 aromatic rings. The van der Waals surface area contributed by atoms with Crippen LogP contribution in [0.3, 0.4) is 0 Å². The molecular weight excluding hydrogens is 273 g/mol. The van der Waals surface area contributed by atoms with Gasteiger partial charge in [-0.25, -0.2) is 4.98 Å². The Bertz CT molecular complexity index is 457. The Labute approximate surface area is 115 Å². The van der Waals surface area contributed by atoms with Gasteiger partial charge in [-0.1, -0.05) is 20.8 Å². The summed E-state index contributed by atoms with van der Waals surface area (Å²) in [5.41, 5.74) is 4.05. The second-order valence-corrected chi connectivity index (χ2v) is 5.79. The van der Waals surface area contributed by atoms with Crippen molar-refractivity contribution in [3.8, 4) is 0 Å². The summed E-state index contributed by atoms with van der Waals surface area (Å²) in [5, 5.41) is 12.4. The molecule has 0 saturated heterocycles. The number of rotatable bonds is 4. The molecule has 4 N–H and O–H groups in total. The van der Waals surface area contributed by atoms with E-state index in [1.54, 1.807) is 0 Å². The highest BCUT2D eigenvalue weighted by Crippen LogP contribution is 2.29. The Balaban J connectivity index is 2.71. The lowest BCUT2D eigenvalue weighted by Crippen LogP contribution is -2.25. The minimum atomic E-state index is -4.59. The summed E-state index contributed by atoms with van der Waals surface area (Å²) in [4.78, 5) is 6.79. The minimum absolute atomic E-state index is 0.0576. The molecule has 114 valence electrons. The van der Waals surface area contributed by atoms with Gasteiger partial charge in [0.05, 0.1) is 6.10 Å². The maximum atomic E-state index is 12.5. The highest BCUT2D eigenvalue weighted by atomic mass is 19.4. The van der Waals surface area contributed by atoms with Crippen LogP contribution in [0.1, 0.15) is 32.9 Å². The number of aromatic nitrogens is 2. The third-order valence-corrected chi connectivity index (χ3v) is 2.40. The molecule has 0 aromatic carbocycles. The third-order valence-electron chi connectivity index (χ3n) is 2.40. The normalized spacial score (nSPS) is 14.2. The average molecular weight is 292 g/mol. The van der Waals surface area contributed by atoms with Crippen LogP contribution in [0.25, 0.3) is 0 Å². The molecule has 0 aliphatic carbocycles. The van der Waals surface area contributed by atoms with Crippen molar-refractivity contribution in [1.29, 1.82) is 0 Å². The molecule has 0 aliphatic rings. The summed E-state index contributed by atoms with van der Waals surface area (Å²) >= 11 is 0. The van der Waals surface area contributed by atoms with E-state index in [2.05, 4.69) is 15.3 Å².